The van der Waals surface area contributed by atoms with Crippen LogP contribution in [0.15, 0.2) is 59.5 Å². The van der Waals surface area contributed by atoms with Crippen LogP contribution in [0, 0.1) is 0 Å². The first-order chi connectivity index (χ1) is 12.5. The molecule has 0 heterocycles. The van der Waals surface area contributed by atoms with E-state index in [0.29, 0.717) is 28.8 Å². The second kappa shape index (κ2) is 9.91. The molecule has 4 nitrogen and oxygen atoms in total. The van der Waals surface area contributed by atoms with Gasteiger partial charge in [-0.2, -0.15) is 8.78 Å². The molecule has 7 heteroatoms. The molecule has 2 aromatic carbocycles. The molecule has 0 bridgehead atoms. The van der Waals surface area contributed by atoms with Crippen molar-refractivity contribution >= 4 is 29.3 Å². The van der Waals surface area contributed by atoms with Crippen molar-refractivity contribution in [2.45, 2.75) is 29.9 Å². The number of benzene rings is 2. The van der Waals surface area contributed by atoms with E-state index >= 15 is 0 Å². The van der Waals surface area contributed by atoms with E-state index in [4.69, 9.17) is 4.74 Å². The summed E-state index contributed by atoms with van der Waals surface area (Å²) in [4.78, 5) is 24.5. The molecule has 0 aliphatic rings. The Balaban J connectivity index is 1.85. The monoisotopic (exact) mass is 379 g/mol. The summed E-state index contributed by atoms with van der Waals surface area (Å²) in [6.45, 7) is 1.47. The van der Waals surface area contributed by atoms with Gasteiger partial charge in [-0.15, -0.1) is 0 Å². The zero-order chi connectivity index (χ0) is 18.9. The van der Waals surface area contributed by atoms with Crippen molar-refractivity contribution in [3.05, 3.63) is 60.2 Å². The van der Waals surface area contributed by atoms with E-state index < -0.39 is 30.2 Å². The first kappa shape index (κ1) is 19.9. The summed E-state index contributed by atoms with van der Waals surface area (Å²) < 4.78 is 29.6. The zero-order valence-corrected chi connectivity index (χ0v) is 15.0. The van der Waals surface area contributed by atoms with Gasteiger partial charge in [-0.3, -0.25) is 9.59 Å². The van der Waals surface area contributed by atoms with Crippen molar-refractivity contribution < 1.29 is 23.1 Å². The molecule has 0 aromatic heterocycles. The minimum Gasteiger partial charge on any atom is -0.455 e. The molecule has 0 spiro atoms. The summed E-state index contributed by atoms with van der Waals surface area (Å²) in [7, 11) is 0. The van der Waals surface area contributed by atoms with Crippen LogP contribution in [0.1, 0.15) is 24.8 Å². The summed E-state index contributed by atoms with van der Waals surface area (Å²) >= 11 is 0.428. The number of hydrogen-bond donors (Lipinski definition) is 1. The summed E-state index contributed by atoms with van der Waals surface area (Å²) in [6, 6.07) is 15.2. The molecular weight excluding hydrogens is 360 g/mol. The van der Waals surface area contributed by atoms with Gasteiger partial charge >= 0.3 is 5.97 Å². The Bertz CT molecular complexity index is 723. The van der Waals surface area contributed by atoms with Crippen molar-refractivity contribution in [2.75, 3.05) is 11.9 Å². The number of alkyl halides is 2. The summed E-state index contributed by atoms with van der Waals surface area (Å²) in [5, 5.41) is 2.56. The number of halogens is 2. The van der Waals surface area contributed by atoms with Gasteiger partial charge in [-0.1, -0.05) is 49.0 Å². The number of hydrogen-bond acceptors (Lipinski definition) is 4. The topological polar surface area (TPSA) is 55.4 Å². The third-order valence-electron chi connectivity index (χ3n) is 3.60. The maximum Gasteiger partial charge on any atom is 0.313 e. The maximum absolute atomic E-state index is 12.3. The number of thioether (sulfide) groups is 1. The second-order valence-electron chi connectivity index (χ2n) is 5.43. The zero-order valence-electron chi connectivity index (χ0n) is 14.2. The minimum absolute atomic E-state index is 0.401. The van der Waals surface area contributed by atoms with Gasteiger partial charge in [0, 0.05) is 10.6 Å². The fourth-order valence-corrected chi connectivity index (χ4v) is 2.88. The van der Waals surface area contributed by atoms with Crippen molar-refractivity contribution in [2.24, 2.45) is 0 Å². The van der Waals surface area contributed by atoms with Gasteiger partial charge in [0.1, 0.15) is 0 Å². The lowest BCUT2D eigenvalue weighted by Gasteiger charge is -2.14. The predicted molar refractivity (Wildman–Crippen MR) is 97.4 cm³/mol. The highest BCUT2D eigenvalue weighted by atomic mass is 32.2. The average Bonchev–Trinajstić information content (AvgIpc) is 2.63. The smallest absolute Gasteiger partial charge is 0.313 e. The van der Waals surface area contributed by atoms with Crippen LogP contribution in [0.25, 0.3) is 0 Å². The van der Waals surface area contributed by atoms with E-state index in [0.717, 1.165) is 5.56 Å². The average molecular weight is 379 g/mol. The molecule has 1 atom stereocenters. The van der Waals surface area contributed by atoms with Crippen molar-refractivity contribution in [3.8, 4) is 0 Å². The highest BCUT2D eigenvalue weighted by Crippen LogP contribution is 2.26. The molecule has 1 amide bonds. The number of esters is 1. The second-order valence-corrected chi connectivity index (χ2v) is 6.49. The van der Waals surface area contributed by atoms with Crippen LogP contribution in [0.4, 0.5) is 14.5 Å². The summed E-state index contributed by atoms with van der Waals surface area (Å²) in [5.41, 5.74) is 1.28. The lowest BCUT2D eigenvalue weighted by atomic mass is 9.97. The maximum atomic E-state index is 12.3. The lowest BCUT2D eigenvalue weighted by Crippen LogP contribution is -2.23. The van der Waals surface area contributed by atoms with Crippen LogP contribution in [0.3, 0.4) is 0 Å². The molecule has 0 aliphatic carbocycles. The standard InChI is InChI=1S/C19H19F2NO3S/c1-2-16(13-6-4-3-5-7-13)18(24)25-12-17(23)22-14-8-10-15(11-9-14)26-19(20)21/h3-11,16,19H,2,12H2,1H3,(H,22,23). The Kier molecular flexibility index (Phi) is 7.59. The SMILES string of the molecule is CCC(C(=O)OCC(=O)Nc1ccc(SC(F)F)cc1)c1ccccc1. The highest BCUT2D eigenvalue weighted by Gasteiger charge is 2.21. The Hall–Kier alpha value is -2.41. The van der Waals surface area contributed by atoms with E-state index in [-0.39, 0.29) is 0 Å². The van der Waals surface area contributed by atoms with Crippen LogP contribution in [-0.2, 0) is 14.3 Å². The number of nitrogens with one attached hydrogen (secondary N) is 1. The van der Waals surface area contributed by atoms with Gasteiger partial charge < -0.3 is 10.1 Å². The van der Waals surface area contributed by atoms with Crippen LogP contribution in [-0.4, -0.2) is 24.2 Å². The first-order valence-corrected chi connectivity index (χ1v) is 8.94. The molecule has 2 aromatic rings. The summed E-state index contributed by atoms with van der Waals surface area (Å²) in [6.07, 6.45) is 0.563. The number of carbonyl (C=O) groups excluding carboxylic acids is 2. The number of rotatable bonds is 8. The van der Waals surface area contributed by atoms with Gasteiger partial charge in [0.2, 0.25) is 0 Å². The highest BCUT2D eigenvalue weighted by molar-refractivity contribution is 7.99. The molecule has 0 saturated carbocycles. The van der Waals surface area contributed by atoms with E-state index in [2.05, 4.69) is 5.32 Å². The fourth-order valence-electron chi connectivity index (χ4n) is 2.38. The Morgan fingerprint density at radius 1 is 1.08 bits per heavy atom. The van der Waals surface area contributed by atoms with Crippen LogP contribution in [0.5, 0.6) is 0 Å². The van der Waals surface area contributed by atoms with Gasteiger partial charge in [-0.05, 0) is 36.2 Å². The Labute approximate surface area is 154 Å². The van der Waals surface area contributed by atoms with Gasteiger partial charge in [0.25, 0.3) is 11.7 Å². The summed E-state index contributed by atoms with van der Waals surface area (Å²) in [5.74, 6) is -3.87. The number of ether oxygens (including phenoxy) is 1. The van der Waals surface area contributed by atoms with E-state index in [1.54, 1.807) is 0 Å². The molecule has 0 saturated heterocycles. The van der Waals surface area contributed by atoms with Crippen molar-refractivity contribution in [1.29, 1.82) is 0 Å². The molecule has 2 rings (SSSR count). The van der Waals surface area contributed by atoms with Crippen molar-refractivity contribution in [3.63, 3.8) is 0 Å². The first-order valence-electron chi connectivity index (χ1n) is 8.06. The molecule has 26 heavy (non-hydrogen) atoms. The van der Waals surface area contributed by atoms with E-state index in [9.17, 15) is 18.4 Å². The fraction of sp³-hybridized carbons (Fsp3) is 0.263. The lowest BCUT2D eigenvalue weighted by molar-refractivity contribution is -0.149. The van der Waals surface area contributed by atoms with Crippen LogP contribution in [0.2, 0.25) is 0 Å². The molecule has 0 fully saturated rings. The Morgan fingerprint density at radius 2 is 1.73 bits per heavy atom. The quantitative estimate of drug-likeness (QED) is 0.535. The third kappa shape index (κ3) is 6.15. The number of anilines is 1. The van der Waals surface area contributed by atoms with Crippen molar-refractivity contribution in [1.82, 2.24) is 0 Å². The van der Waals surface area contributed by atoms with Gasteiger partial charge in [0.05, 0.1) is 5.92 Å². The normalized spacial score (nSPS) is 11.8. The third-order valence-corrected chi connectivity index (χ3v) is 4.33. The largest absolute Gasteiger partial charge is 0.455 e. The molecule has 1 unspecified atom stereocenters. The van der Waals surface area contributed by atoms with Gasteiger partial charge in [-0.25, -0.2) is 0 Å². The Morgan fingerprint density at radius 3 is 2.31 bits per heavy atom. The molecular formula is C19H19F2NO3S. The molecule has 138 valence electrons. The minimum atomic E-state index is -2.49. The molecule has 1 N–H and O–H groups in total. The van der Waals surface area contributed by atoms with Gasteiger partial charge in [0.15, 0.2) is 6.61 Å². The van der Waals surface area contributed by atoms with Crippen LogP contribution < -0.4 is 5.32 Å². The number of carbonyl (C=O) groups is 2. The predicted octanol–water partition coefficient (Wildman–Crippen LogP) is 4.68. The van der Waals surface area contributed by atoms with E-state index in [1.165, 1.54) is 24.3 Å². The molecule has 0 radical (unpaired) electrons. The van der Waals surface area contributed by atoms with Crippen LogP contribution >= 0.6 is 11.8 Å². The molecule has 0 aliphatic heterocycles. The number of amides is 1. The van der Waals surface area contributed by atoms with E-state index in [1.807, 2.05) is 37.3 Å².